The molecule has 1 atom stereocenters. The maximum Gasteiger partial charge on any atom is 0.127 e. The zero-order valence-electron chi connectivity index (χ0n) is 11.3. The highest BCUT2D eigenvalue weighted by atomic mass is 35.5. The maximum atomic E-state index is 13.8. The van der Waals surface area contributed by atoms with Crippen molar-refractivity contribution in [2.24, 2.45) is 5.73 Å². The molecule has 0 heterocycles. The van der Waals surface area contributed by atoms with Crippen LogP contribution < -0.4 is 5.73 Å². The third-order valence-corrected chi connectivity index (χ3v) is 4.40. The van der Waals surface area contributed by atoms with E-state index in [1.807, 2.05) is 6.92 Å². The average Bonchev–Trinajstić information content (AvgIpc) is 2.84. The van der Waals surface area contributed by atoms with Gasteiger partial charge in [0.2, 0.25) is 0 Å². The summed E-state index contributed by atoms with van der Waals surface area (Å²) in [5.74, 6) is -0.285. The van der Waals surface area contributed by atoms with Gasteiger partial charge in [0.1, 0.15) is 5.82 Å². The first-order chi connectivity index (χ1) is 9.09. The zero-order valence-corrected chi connectivity index (χ0v) is 12.0. The zero-order chi connectivity index (χ0) is 13.9. The van der Waals surface area contributed by atoms with Gasteiger partial charge in [-0.1, -0.05) is 30.5 Å². The van der Waals surface area contributed by atoms with E-state index in [-0.39, 0.29) is 17.5 Å². The molecule has 19 heavy (non-hydrogen) atoms. The summed E-state index contributed by atoms with van der Waals surface area (Å²) in [6.07, 6.45) is 4.57. The molecule has 0 amide bonds. The van der Waals surface area contributed by atoms with Crippen molar-refractivity contribution in [2.75, 3.05) is 6.61 Å². The molecule has 0 aliphatic heterocycles. The molecular formula is C15H21ClFNO. The molecule has 1 aromatic rings. The molecule has 1 aliphatic carbocycles. The van der Waals surface area contributed by atoms with Crippen LogP contribution in [-0.2, 0) is 11.2 Å². The lowest BCUT2D eigenvalue weighted by molar-refractivity contribution is -0.0526. The minimum Gasteiger partial charge on any atom is -0.374 e. The van der Waals surface area contributed by atoms with E-state index < -0.39 is 0 Å². The SMILES string of the molecule is CCOC1(C(N)Cc2c(F)cccc2Cl)CCCC1. The fourth-order valence-corrected chi connectivity index (χ4v) is 3.26. The Kier molecular flexibility index (Phi) is 4.82. The Morgan fingerprint density at radius 2 is 2.11 bits per heavy atom. The van der Waals surface area contributed by atoms with Gasteiger partial charge in [-0.15, -0.1) is 0 Å². The smallest absolute Gasteiger partial charge is 0.127 e. The highest BCUT2D eigenvalue weighted by Gasteiger charge is 2.40. The largest absolute Gasteiger partial charge is 0.374 e. The Morgan fingerprint density at radius 1 is 1.42 bits per heavy atom. The van der Waals surface area contributed by atoms with Crippen LogP contribution in [0.25, 0.3) is 0 Å². The van der Waals surface area contributed by atoms with Crippen molar-refractivity contribution in [1.29, 1.82) is 0 Å². The Hall–Kier alpha value is -0.640. The first kappa shape index (κ1) is 14.8. The van der Waals surface area contributed by atoms with E-state index >= 15 is 0 Å². The van der Waals surface area contributed by atoms with E-state index in [0.717, 1.165) is 25.7 Å². The number of hydrogen-bond acceptors (Lipinski definition) is 2. The average molecular weight is 286 g/mol. The van der Waals surface area contributed by atoms with E-state index in [2.05, 4.69) is 0 Å². The second-order valence-corrected chi connectivity index (χ2v) is 5.62. The molecule has 0 radical (unpaired) electrons. The normalized spacial score (nSPS) is 19.6. The van der Waals surface area contributed by atoms with Crippen molar-refractivity contribution >= 4 is 11.6 Å². The highest BCUT2D eigenvalue weighted by Crippen LogP contribution is 2.37. The summed E-state index contributed by atoms with van der Waals surface area (Å²) < 4.78 is 19.7. The molecule has 1 saturated carbocycles. The summed E-state index contributed by atoms with van der Waals surface area (Å²) in [5, 5.41) is 0.445. The molecular weight excluding hydrogens is 265 g/mol. The second kappa shape index (κ2) is 6.21. The van der Waals surface area contributed by atoms with Crippen LogP contribution in [0.3, 0.4) is 0 Å². The quantitative estimate of drug-likeness (QED) is 0.895. The predicted octanol–water partition coefficient (Wildman–Crippen LogP) is 3.70. The van der Waals surface area contributed by atoms with Crippen LogP contribution in [0.2, 0.25) is 5.02 Å². The number of ether oxygens (including phenoxy) is 1. The Labute approximate surface area is 119 Å². The minimum atomic E-state index is -0.305. The molecule has 0 spiro atoms. The minimum absolute atomic E-state index is 0.218. The summed E-state index contributed by atoms with van der Waals surface area (Å²) >= 11 is 6.07. The Morgan fingerprint density at radius 3 is 2.68 bits per heavy atom. The van der Waals surface area contributed by atoms with Crippen molar-refractivity contribution < 1.29 is 9.13 Å². The molecule has 0 saturated heterocycles. The summed E-state index contributed by atoms with van der Waals surface area (Å²) in [4.78, 5) is 0. The first-order valence-corrected chi connectivity index (χ1v) is 7.29. The monoisotopic (exact) mass is 285 g/mol. The standard InChI is InChI=1S/C15H21ClFNO/c1-2-19-15(8-3-4-9-15)14(18)10-11-12(16)6-5-7-13(11)17/h5-7,14H,2-4,8-10,18H2,1H3. The van der Waals surface area contributed by atoms with E-state index in [1.54, 1.807) is 12.1 Å². The molecule has 2 N–H and O–H groups in total. The maximum absolute atomic E-state index is 13.8. The van der Waals surface area contributed by atoms with Gasteiger partial charge in [0.05, 0.1) is 5.60 Å². The van der Waals surface area contributed by atoms with Crippen LogP contribution in [0, 0.1) is 5.82 Å². The third kappa shape index (κ3) is 3.10. The lowest BCUT2D eigenvalue weighted by atomic mass is 9.88. The summed E-state index contributed by atoms with van der Waals surface area (Å²) in [6, 6.07) is 4.52. The molecule has 2 nitrogen and oxygen atoms in total. The highest BCUT2D eigenvalue weighted by molar-refractivity contribution is 6.31. The predicted molar refractivity (Wildman–Crippen MR) is 75.9 cm³/mol. The topological polar surface area (TPSA) is 35.2 Å². The molecule has 4 heteroatoms. The second-order valence-electron chi connectivity index (χ2n) is 5.22. The summed E-state index contributed by atoms with van der Waals surface area (Å²) in [5.41, 5.74) is 6.52. The third-order valence-electron chi connectivity index (χ3n) is 4.04. The number of nitrogens with two attached hydrogens (primary N) is 1. The van der Waals surface area contributed by atoms with Crippen molar-refractivity contribution in [2.45, 2.75) is 50.7 Å². The van der Waals surface area contributed by atoms with E-state index in [4.69, 9.17) is 22.1 Å². The number of hydrogen-bond donors (Lipinski definition) is 1. The van der Waals surface area contributed by atoms with Gasteiger partial charge in [-0.05, 0) is 38.3 Å². The summed E-state index contributed by atoms with van der Waals surface area (Å²) in [6.45, 7) is 2.61. The van der Waals surface area contributed by atoms with Crippen molar-refractivity contribution in [3.63, 3.8) is 0 Å². The fraction of sp³-hybridized carbons (Fsp3) is 0.600. The molecule has 0 aromatic heterocycles. The number of halogens is 2. The van der Waals surface area contributed by atoms with Gasteiger partial charge in [0.25, 0.3) is 0 Å². The van der Waals surface area contributed by atoms with E-state index in [0.29, 0.717) is 23.6 Å². The molecule has 1 aromatic carbocycles. The molecule has 1 aliphatic rings. The van der Waals surface area contributed by atoms with E-state index in [1.165, 1.54) is 6.07 Å². The summed E-state index contributed by atoms with van der Waals surface area (Å²) in [7, 11) is 0. The number of benzene rings is 1. The van der Waals surface area contributed by atoms with E-state index in [9.17, 15) is 4.39 Å². The van der Waals surface area contributed by atoms with Crippen LogP contribution in [0.4, 0.5) is 4.39 Å². The van der Waals surface area contributed by atoms with Crippen molar-refractivity contribution in [3.05, 3.63) is 34.6 Å². The van der Waals surface area contributed by atoms with Crippen molar-refractivity contribution in [3.8, 4) is 0 Å². The van der Waals surface area contributed by atoms with Gasteiger partial charge < -0.3 is 10.5 Å². The van der Waals surface area contributed by atoms with Crippen LogP contribution in [0.1, 0.15) is 38.2 Å². The fourth-order valence-electron chi connectivity index (χ4n) is 3.02. The van der Waals surface area contributed by atoms with Crippen LogP contribution >= 0.6 is 11.6 Å². The van der Waals surface area contributed by atoms with Gasteiger partial charge in [-0.2, -0.15) is 0 Å². The Bertz CT molecular complexity index is 412. The molecule has 106 valence electrons. The van der Waals surface area contributed by atoms with Crippen LogP contribution in [-0.4, -0.2) is 18.2 Å². The van der Waals surface area contributed by atoms with Gasteiger partial charge >= 0.3 is 0 Å². The number of rotatable bonds is 5. The molecule has 1 unspecified atom stereocenters. The Balaban J connectivity index is 2.17. The van der Waals surface area contributed by atoms with Crippen molar-refractivity contribution in [1.82, 2.24) is 0 Å². The first-order valence-electron chi connectivity index (χ1n) is 6.91. The van der Waals surface area contributed by atoms with Gasteiger partial charge in [-0.3, -0.25) is 0 Å². The molecule has 0 bridgehead atoms. The molecule has 1 fully saturated rings. The van der Waals surface area contributed by atoms with Gasteiger partial charge in [0.15, 0.2) is 0 Å². The lowest BCUT2D eigenvalue weighted by Gasteiger charge is -2.35. The molecule has 2 rings (SSSR count). The lowest BCUT2D eigenvalue weighted by Crippen LogP contribution is -2.49. The van der Waals surface area contributed by atoms with Crippen LogP contribution in [0.5, 0.6) is 0 Å². The van der Waals surface area contributed by atoms with Gasteiger partial charge in [0, 0.05) is 23.2 Å². The van der Waals surface area contributed by atoms with Gasteiger partial charge in [-0.25, -0.2) is 4.39 Å². The van der Waals surface area contributed by atoms with Crippen LogP contribution in [0.15, 0.2) is 18.2 Å².